The van der Waals surface area contributed by atoms with E-state index in [1.807, 2.05) is 13.8 Å². The van der Waals surface area contributed by atoms with Crippen molar-refractivity contribution in [1.82, 2.24) is 5.32 Å². The van der Waals surface area contributed by atoms with Crippen molar-refractivity contribution in [3.05, 3.63) is 12.2 Å². The Labute approximate surface area is 171 Å². The molecule has 0 bridgehead atoms. The molecule has 0 spiro atoms. The second kappa shape index (κ2) is 8.87. The van der Waals surface area contributed by atoms with E-state index in [-0.39, 0.29) is 30.0 Å². The Morgan fingerprint density at radius 2 is 2.00 bits per heavy atom. The van der Waals surface area contributed by atoms with E-state index in [0.29, 0.717) is 29.6 Å². The van der Waals surface area contributed by atoms with Gasteiger partial charge in [-0.3, -0.25) is 4.79 Å². The number of amides is 1. The van der Waals surface area contributed by atoms with Crippen molar-refractivity contribution in [1.29, 1.82) is 0 Å². The van der Waals surface area contributed by atoms with E-state index in [0.717, 1.165) is 38.6 Å². The summed E-state index contributed by atoms with van der Waals surface area (Å²) < 4.78 is 0. The summed E-state index contributed by atoms with van der Waals surface area (Å²) in [4.78, 5) is 12.3. The predicted octanol–water partition coefficient (Wildman–Crippen LogP) is 3.92. The molecule has 4 heteroatoms. The number of hydrogen-bond donors (Lipinski definition) is 3. The summed E-state index contributed by atoms with van der Waals surface area (Å²) in [5, 5.41) is 23.1. The second-order valence-corrected chi connectivity index (χ2v) is 10.3. The molecule has 3 fully saturated rings. The molecule has 3 N–H and O–H groups in total. The maximum atomic E-state index is 12.3. The molecule has 28 heavy (non-hydrogen) atoms. The first-order valence-electron chi connectivity index (χ1n) is 11.5. The molecule has 0 aromatic heterocycles. The molecule has 7 atom stereocenters. The van der Waals surface area contributed by atoms with Crippen molar-refractivity contribution in [2.75, 3.05) is 13.2 Å². The number of allylic oxidation sites excluding steroid dienone is 1. The predicted molar refractivity (Wildman–Crippen MR) is 113 cm³/mol. The van der Waals surface area contributed by atoms with Crippen LogP contribution in [-0.4, -0.2) is 35.4 Å². The van der Waals surface area contributed by atoms with Crippen LogP contribution in [0.2, 0.25) is 0 Å². The average molecular weight is 392 g/mol. The maximum absolute atomic E-state index is 12.3. The van der Waals surface area contributed by atoms with Crippen molar-refractivity contribution in [3.63, 3.8) is 0 Å². The maximum Gasteiger partial charge on any atom is 0.222 e. The van der Waals surface area contributed by atoms with Crippen LogP contribution in [0.3, 0.4) is 0 Å². The van der Waals surface area contributed by atoms with E-state index >= 15 is 0 Å². The van der Waals surface area contributed by atoms with Crippen molar-refractivity contribution in [2.24, 2.45) is 40.9 Å². The van der Waals surface area contributed by atoms with Crippen LogP contribution >= 0.6 is 0 Å². The highest BCUT2D eigenvalue weighted by atomic mass is 16.3. The van der Waals surface area contributed by atoms with Gasteiger partial charge in [0.2, 0.25) is 5.91 Å². The van der Waals surface area contributed by atoms with Gasteiger partial charge in [-0.25, -0.2) is 0 Å². The Morgan fingerprint density at radius 1 is 1.25 bits per heavy atom. The highest BCUT2D eigenvalue weighted by molar-refractivity contribution is 5.77. The van der Waals surface area contributed by atoms with Gasteiger partial charge in [-0.15, -0.1) is 0 Å². The summed E-state index contributed by atoms with van der Waals surface area (Å²) >= 11 is 0. The van der Waals surface area contributed by atoms with E-state index in [4.69, 9.17) is 0 Å². The number of carbonyl (C=O) groups excluding carboxylic acids is 1. The van der Waals surface area contributed by atoms with Gasteiger partial charge in [0.15, 0.2) is 0 Å². The Kier molecular flexibility index (Phi) is 6.92. The highest BCUT2D eigenvalue weighted by Gasteiger charge is 2.53. The van der Waals surface area contributed by atoms with Crippen molar-refractivity contribution in [3.8, 4) is 0 Å². The fourth-order valence-electron chi connectivity index (χ4n) is 6.80. The molecule has 0 saturated heterocycles. The lowest BCUT2D eigenvalue weighted by Crippen LogP contribution is -2.49. The summed E-state index contributed by atoms with van der Waals surface area (Å²) in [5.74, 6) is 2.74. The lowest BCUT2D eigenvalue weighted by molar-refractivity contribution is -0.124. The van der Waals surface area contributed by atoms with Gasteiger partial charge in [0, 0.05) is 19.1 Å². The molecule has 3 rings (SSSR count). The van der Waals surface area contributed by atoms with Gasteiger partial charge >= 0.3 is 0 Å². The van der Waals surface area contributed by atoms with E-state index in [9.17, 15) is 15.0 Å². The van der Waals surface area contributed by atoms with Crippen LogP contribution in [0.5, 0.6) is 0 Å². The summed E-state index contributed by atoms with van der Waals surface area (Å²) in [5.41, 5.74) is 1.62. The van der Waals surface area contributed by atoms with Crippen LogP contribution in [-0.2, 0) is 4.79 Å². The van der Waals surface area contributed by atoms with Crippen LogP contribution < -0.4 is 5.32 Å². The topological polar surface area (TPSA) is 69.6 Å². The van der Waals surface area contributed by atoms with Crippen LogP contribution in [0, 0.1) is 40.9 Å². The number of fused-ring (bicyclic) bond motifs is 1. The molecule has 3 saturated carbocycles. The molecule has 0 aromatic carbocycles. The number of hydrogen-bond acceptors (Lipinski definition) is 3. The van der Waals surface area contributed by atoms with Crippen molar-refractivity contribution in [2.45, 2.75) is 78.2 Å². The van der Waals surface area contributed by atoms with Crippen LogP contribution in [0.1, 0.15) is 72.1 Å². The van der Waals surface area contributed by atoms with Crippen LogP contribution in [0.15, 0.2) is 12.2 Å². The molecule has 4 nitrogen and oxygen atoms in total. The molecule has 3 aliphatic rings. The molecule has 0 heterocycles. The zero-order valence-electron chi connectivity index (χ0n) is 18.1. The van der Waals surface area contributed by atoms with Gasteiger partial charge in [-0.1, -0.05) is 32.9 Å². The minimum atomic E-state index is -0.216. The lowest BCUT2D eigenvalue weighted by Gasteiger charge is -2.52. The number of rotatable bonds is 6. The fourth-order valence-corrected chi connectivity index (χ4v) is 6.80. The monoisotopic (exact) mass is 391 g/mol. The molecule has 0 unspecified atom stereocenters. The summed E-state index contributed by atoms with van der Waals surface area (Å²) in [6, 6.07) is 0. The quantitative estimate of drug-likeness (QED) is 0.601. The number of aliphatic hydroxyl groups excluding tert-OH is 2. The van der Waals surface area contributed by atoms with Gasteiger partial charge in [0.25, 0.3) is 0 Å². The normalized spacial score (nSPS) is 41.1. The highest BCUT2D eigenvalue weighted by Crippen LogP contribution is 2.60. The molecule has 0 aliphatic heterocycles. The molecular weight excluding hydrogens is 350 g/mol. The standard InChI is InChI=1S/C24H41NO3/c1-15(2)23(28)25-14-21-20(9-11-24(4)16(3)5-8-22(21)24)19-7-6-18(27)13-17(19)10-12-26/h15,17-22,26-27H,3,5-14H2,1-2,4H3,(H,25,28)/t17-,18-,19+,20+,21+,22-,24+/m0/s1. The Morgan fingerprint density at radius 3 is 2.68 bits per heavy atom. The fraction of sp³-hybridized carbons (Fsp3) is 0.875. The Bertz CT molecular complexity index is 574. The smallest absolute Gasteiger partial charge is 0.222 e. The molecule has 1 amide bonds. The third kappa shape index (κ3) is 4.18. The Hall–Kier alpha value is -0.870. The first kappa shape index (κ1) is 21.8. The summed E-state index contributed by atoms with van der Waals surface area (Å²) in [7, 11) is 0. The molecule has 160 valence electrons. The van der Waals surface area contributed by atoms with Crippen molar-refractivity contribution < 1.29 is 15.0 Å². The largest absolute Gasteiger partial charge is 0.396 e. The van der Waals surface area contributed by atoms with E-state index in [1.54, 1.807) is 0 Å². The average Bonchev–Trinajstić information content (AvgIpc) is 2.95. The van der Waals surface area contributed by atoms with Crippen LogP contribution in [0.25, 0.3) is 0 Å². The van der Waals surface area contributed by atoms with E-state index < -0.39 is 0 Å². The number of carbonyl (C=O) groups is 1. The number of aliphatic hydroxyl groups is 2. The molecule has 3 aliphatic carbocycles. The second-order valence-electron chi connectivity index (χ2n) is 10.3. The molecular formula is C24H41NO3. The lowest BCUT2D eigenvalue weighted by atomic mass is 9.54. The van der Waals surface area contributed by atoms with Gasteiger partial charge in [-0.05, 0) is 86.4 Å². The van der Waals surface area contributed by atoms with E-state index in [2.05, 4.69) is 18.8 Å². The van der Waals surface area contributed by atoms with E-state index in [1.165, 1.54) is 24.8 Å². The first-order valence-corrected chi connectivity index (χ1v) is 11.5. The van der Waals surface area contributed by atoms with Gasteiger partial charge < -0.3 is 15.5 Å². The van der Waals surface area contributed by atoms with Gasteiger partial charge in [0.1, 0.15) is 0 Å². The third-order valence-corrected chi connectivity index (χ3v) is 8.55. The zero-order chi connectivity index (χ0) is 20.5. The van der Waals surface area contributed by atoms with Crippen LogP contribution in [0.4, 0.5) is 0 Å². The summed E-state index contributed by atoms with van der Waals surface area (Å²) in [6.07, 6.45) is 8.00. The van der Waals surface area contributed by atoms with Gasteiger partial charge in [0.05, 0.1) is 6.10 Å². The zero-order valence-corrected chi connectivity index (χ0v) is 18.1. The first-order chi connectivity index (χ1) is 13.3. The number of nitrogens with one attached hydrogen (secondary N) is 1. The van der Waals surface area contributed by atoms with Gasteiger partial charge in [-0.2, -0.15) is 0 Å². The SMILES string of the molecule is C=C1CC[C@H]2[C@H](CNC(=O)C(C)C)[C@@H]([C@@H]3CC[C@H](O)C[C@@H]3CCO)CC[C@]12C. The third-order valence-electron chi connectivity index (χ3n) is 8.55. The minimum Gasteiger partial charge on any atom is -0.396 e. The molecule has 0 radical (unpaired) electrons. The summed E-state index contributed by atoms with van der Waals surface area (Å²) in [6.45, 7) is 11.7. The minimum absolute atomic E-state index is 0.0129. The Balaban J connectivity index is 1.83. The van der Waals surface area contributed by atoms with Crippen molar-refractivity contribution >= 4 is 5.91 Å². The molecule has 0 aromatic rings.